The molecule has 0 aliphatic heterocycles. The molecular weight excluding hydrogens is 553 g/mol. The average molecular weight is 588 g/mol. The van der Waals surface area contributed by atoms with E-state index in [1.54, 1.807) is 66.7 Å². The maximum Gasteiger partial charge on any atom is 0.264 e. The zero-order chi connectivity index (χ0) is 30.0. The first kappa shape index (κ1) is 30.5. The summed E-state index contributed by atoms with van der Waals surface area (Å²) in [6.45, 7) is 1.49. The summed E-state index contributed by atoms with van der Waals surface area (Å²) >= 11 is 0. The number of carbonyl (C=O) groups excluding carboxylic acids is 2. The van der Waals surface area contributed by atoms with Crippen molar-refractivity contribution >= 4 is 27.5 Å². The van der Waals surface area contributed by atoms with Crippen molar-refractivity contribution in [2.45, 2.75) is 37.2 Å². The molecule has 0 fully saturated rings. The molecular formula is C33H34FN3O4S. The molecule has 0 heterocycles. The monoisotopic (exact) mass is 587 g/mol. The van der Waals surface area contributed by atoms with Crippen molar-refractivity contribution in [2.24, 2.45) is 0 Å². The molecule has 0 aliphatic carbocycles. The van der Waals surface area contributed by atoms with Crippen LogP contribution in [-0.4, -0.2) is 44.3 Å². The molecule has 0 aromatic heterocycles. The van der Waals surface area contributed by atoms with Crippen LogP contribution >= 0.6 is 0 Å². The predicted molar refractivity (Wildman–Crippen MR) is 162 cm³/mol. The molecule has 1 N–H and O–H groups in total. The number of rotatable bonds is 13. The predicted octanol–water partition coefficient (Wildman–Crippen LogP) is 5.19. The zero-order valence-corrected chi connectivity index (χ0v) is 24.2. The number of anilines is 1. The lowest BCUT2D eigenvalue weighted by molar-refractivity contribution is -0.140. The molecule has 4 aromatic rings. The molecule has 0 saturated heterocycles. The number of nitrogens with zero attached hydrogens (tertiary/aromatic N) is 2. The molecule has 2 amide bonds. The highest BCUT2D eigenvalue weighted by molar-refractivity contribution is 7.92. The summed E-state index contributed by atoms with van der Waals surface area (Å²) in [5.41, 5.74) is 1.30. The normalized spacial score (nSPS) is 11.9. The van der Waals surface area contributed by atoms with E-state index < -0.39 is 40.2 Å². The molecule has 0 unspecified atom stereocenters. The van der Waals surface area contributed by atoms with Gasteiger partial charge < -0.3 is 10.2 Å². The van der Waals surface area contributed by atoms with Gasteiger partial charge in [-0.1, -0.05) is 91.9 Å². The summed E-state index contributed by atoms with van der Waals surface area (Å²) in [5, 5.41) is 2.87. The number of hydrogen-bond donors (Lipinski definition) is 1. The van der Waals surface area contributed by atoms with Crippen molar-refractivity contribution < 1.29 is 22.4 Å². The van der Waals surface area contributed by atoms with Crippen molar-refractivity contribution in [1.82, 2.24) is 10.2 Å². The van der Waals surface area contributed by atoms with Crippen molar-refractivity contribution in [2.75, 3.05) is 17.4 Å². The Morgan fingerprint density at radius 2 is 1.38 bits per heavy atom. The van der Waals surface area contributed by atoms with E-state index in [0.717, 1.165) is 9.87 Å². The Bertz CT molecular complexity index is 1570. The number of benzene rings is 4. The van der Waals surface area contributed by atoms with Crippen molar-refractivity contribution in [3.05, 3.63) is 132 Å². The highest BCUT2D eigenvalue weighted by atomic mass is 32.2. The third-order valence-corrected chi connectivity index (χ3v) is 8.56. The fraction of sp³-hybridized carbons (Fsp3) is 0.212. The van der Waals surface area contributed by atoms with Gasteiger partial charge in [0.05, 0.1) is 10.6 Å². The Labute approximate surface area is 246 Å². The van der Waals surface area contributed by atoms with Crippen molar-refractivity contribution in [3.8, 4) is 0 Å². The lowest BCUT2D eigenvalue weighted by Gasteiger charge is -2.34. The first-order chi connectivity index (χ1) is 20.3. The number of carbonyl (C=O) groups is 2. The Morgan fingerprint density at radius 1 is 0.810 bits per heavy atom. The van der Waals surface area contributed by atoms with Crippen molar-refractivity contribution in [3.63, 3.8) is 0 Å². The molecule has 42 heavy (non-hydrogen) atoms. The number of hydrogen-bond acceptors (Lipinski definition) is 4. The van der Waals surface area contributed by atoms with Crippen LogP contribution in [0.1, 0.15) is 24.5 Å². The van der Waals surface area contributed by atoms with E-state index in [9.17, 15) is 22.4 Å². The molecule has 0 saturated carbocycles. The molecule has 0 spiro atoms. The van der Waals surface area contributed by atoms with Crippen LogP contribution in [0.4, 0.5) is 10.1 Å². The zero-order valence-electron chi connectivity index (χ0n) is 23.4. The average Bonchev–Trinajstić information content (AvgIpc) is 3.02. The smallest absolute Gasteiger partial charge is 0.264 e. The van der Waals surface area contributed by atoms with Crippen LogP contribution < -0.4 is 9.62 Å². The van der Waals surface area contributed by atoms with Gasteiger partial charge in [0, 0.05) is 25.1 Å². The van der Waals surface area contributed by atoms with Gasteiger partial charge in [0.1, 0.15) is 18.4 Å². The van der Waals surface area contributed by atoms with E-state index >= 15 is 0 Å². The summed E-state index contributed by atoms with van der Waals surface area (Å²) in [7, 11) is -4.17. The SMILES string of the molecule is CCCNC(=O)[C@H](Cc1ccccc1)N(Cc1ccccc1F)C(=O)CN(c1ccccc1)S(=O)(=O)c1ccccc1. The first-order valence-electron chi connectivity index (χ1n) is 13.8. The minimum absolute atomic E-state index is 0.0174. The van der Waals surface area contributed by atoms with Gasteiger partial charge in [-0.3, -0.25) is 13.9 Å². The number of para-hydroxylation sites is 1. The minimum atomic E-state index is -4.17. The van der Waals surface area contributed by atoms with Crippen LogP contribution in [0.2, 0.25) is 0 Å². The fourth-order valence-corrected chi connectivity index (χ4v) is 6.01. The van der Waals surface area contributed by atoms with Gasteiger partial charge in [-0.15, -0.1) is 0 Å². The molecule has 1 atom stereocenters. The fourth-order valence-electron chi connectivity index (χ4n) is 4.57. The van der Waals surface area contributed by atoms with Crippen LogP contribution in [0, 0.1) is 5.82 Å². The van der Waals surface area contributed by atoms with E-state index in [4.69, 9.17) is 0 Å². The quantitative estimate of drug-likeness (QED) is 0.233. The Kier molecular flexibility index (Phi) is 10.4. The molecule has 0 aliphatic rings. The van der Waals surface area contributed by atoms with E-state index in [-0.39, 0.29) is 29.1 Å². The number of nitrogens with one attached hydrogen (secondary N) is 1. The molecule has 218 valence electrons. The summed E-state index contributed by atoms with van der Waals surface area (Å²) in [4.78, 5) is 29.1. The largest absolute Gasteiger partial charge is 0.354 e. The molecule has 4 aromatic carbocycles. The van der Waals surface area contributed by atoms with E-state index in [1.165, 1.54) is 23.1 Å². The second-order valence-electron chi connectivity index (χ2n) is 9.77. The van der Waals surface area contributed by atoms with Crippen LogP contribution in [0.15, 0.2) is 120 Å². The molecule has 9 heteroatoms. The van der Waals surface area contributed by atoms with Gasteiger partial charge in [0.25, 0.3) is 10.0 Å². The molecule has 4 rings (SSSR count). The summed E-state index contributed by atoms with van der Waals surface area (Å²) in [6.07, 6.45) is 0.843. The van der Waals surface area contributed by atoms with E-state index in [0.29, 0.717) is 13.0 Å². The Morgan fingerprint density at radius 3 is 2.00 bits per heavy atom. The second kappa shape index (κ2) is 14.4. The maximum absolute atomic E-state index is 14.9. The molecule has 0 bridgehead atoms. The topological polar surface area (TPSA) is 86.8 Å². The lowest BCUT2D eigenvalue weighted by Crippen LogP contribution is -2.53. The summed E-state index contributed by atoms with van der Waals surface area (Å²) in [5.74, 6) is -1.57. The van der Waals surface area contributed by atoms with Gasteiger partial charge in [0.15, 0.2) is 0 Å². The van der Waals surface area contributed by atoms with Crippen LogP contribution in [0.25, 0.3) is 0 Å². The first-order valence-corrected chi connectivity index (χ1v) is 15.2. The number of sulfonamides is 1. The van der Waals surface area contributed by atoms with E-state index in [2.05, 4.69) is 5.32 Å². The number of amides is 2. The van der Waals surface area contributed by atoms with Gasteiger partial charge in [-0.05, 0) is 42.3 Å². The summed E-state index contributed by atoms with van der Waals surface area (Å²) in [6, 6.07) is 30.4. The Balaban J connectivity index is 1.78. The van der Waals surface area contributed by atoms with Gasteiger partial charge in [0.2, 0.25) is 11.8 Å². The summed E-state index contributed by atoms with van der Waals surface area (Å²) < 4.78 is 43.6. The lowest BCUT2D eigenvalue weighted by atomic mass is 10.0. The highest BCUT2D eigenvalue weighted by Crippen LogP contribution is 2.25. The van der Waals surface area contributed by atoms with Crippen LogP contribution in [-0.2, 0) is 32.6 Å². The standard InChI is InChI=1S/C33H34FN3O4S/c1-2-22-35-33(39)31(23-26-14-6-3-7-15-26)36(24-27-16-12-13-21-30(27)34)32(38)25-37(28-17-8-4-9-18-28)42(40,41)29-19-10-5-11-20-29/h3-21,31H,2,22-25H2,1H3,(H,35,39)/t31-/m0/s1. The van der Waals surface area contributed by atoms with Crippen molar-refractivity contribution in [1.29, 1.82) is 0 Å². The number of halogens is 1. The third-order valence-electron chi connectivity index (χ3n) is 6.77. The van der Waals surface area contributed by atoms with E-state index in [1.807, 2.05) is 37.3 Å². The van der Waals surface area contributed by atoms with Gasteiger partial charge in [-0.25, -0.2) is 12.8 Å². The Hall–Kier alpha value is -4.50. The highest BCUT2D eigenvalue weighted by Gasteiger charge is 2.34. The van der Waals surface area contributed by atoms with Gasteiger partial charge >= 0.3 is 0 Å². The minimum Gasteiger partial charge on any atom is -0.354 e. The molecule has 0 radical (unpaired) electrons. The third kappa shape index (κ3) is 7.61. The van der Waals surface area contributed by atoms with Gasteiger partial charge in [-0.2, -0.15) is 0 Å². The van der Waals surface area contributed by atoms with Crippen LogP contribution in [0.5, 0.6) is 0 Å². The second-order valence-corrected chi connectivity index (χ2v) is 11.6. The van der Waals surface area contributed by atoms with Crippen LogP contribution in [0.3, 0.4) is 0 Å². The molecule has 7 nitrogen and oxygen atoms in total. The maximum atomic E-state index is 14.9.